The van der Waals surface area contributed by atoms with Gasteiger partial charge in [-0.1, -0.05) is 40.8 Å². The number of nitrogens with zero attached hydrogens (tertiary/aromatic N) is 2. The number of carbonyl (C=O) groups is 1. The van der Waals surface area contributed by atoms with Crippen LogP contribution in [-0.4, -0.2) is 29.0 Å². The maximum Gasteiger partial charge on any atom is 0.306 e. The highest BCUT2D eigenvalue weighted by molar-refractivity contribution is 8.01. The van der Waals surface area contributed by atoms with E-state index in [2.05, 4.69) is 20.3 Å². The minimum Gasteiger partial charge on any atom is -0.469 e. The van der Waals surface area contributed by atoms with Gasteiger partial charge in [0, 0.05) is 16.5 Å². The largest absolute Gasteiger partial charge is 0.469 e. The molecule has 0 bridgehead atoms. The molecule has 2 rings (SSSR count). The second-order valence-electron chi connectivity index (χ2n) is 4.09. The molecule has 1 aromatic heterocycles. The van der Waals surface area contributed by atoms with Crippen molar-refractivity contribution in [3.05, 3.63) is 28.8 Å². The van der Waals surface area contributed by atoms with Gasteiger partial charge in [0.05, 0.1) is 13.5 Å². The van der Waals surface area contributed by atoms with Crippen LogP contribution in [0.3, 0.4) is 0 Å². The van der Waals surface area contributed by atoms with Crippen LogP contribution in [-0.2, 0) is 9.53 Å². The molecule has 112 valence electrons. The summed E-state index contributed by atoms with van der Waals surface area (Å²) < 4.78 is 5.39. The average Bonchev–Trinajstić information content (AvgIpc) is 2.91. The van der Waals surface area contributed by atoms with Crippen LogP contribution >= 0.6 is 34.7 Å². The molecule has 1 aromatic carbocycles. The number of nitrogens with one attached hydrogen (secondary N) is 1. The summed E-state index contributed by atoms with van der Waals surface area (Å²) in [5, 5.41) is 12.7. The SMILES string of the molecule is COC(=O)CCSc1nnc(Nc2cccc(Cl)c2C)s1. The highest BCUT2D eigenvalue weighted by atomic mass is 35.5. The highest BCUT2D eigenvalue weighted by Crippen LogP contribution is 2.30. The summed E-state index contributed by atoms with van der Waals surface area (Å²) in [5.74, 6) is 0.400. The fourth-order valence-electron chi connectivity index (χ4n) is 1.50. The van der Waals surface area contributed by atoms with Gasteiger partial charge >= 0.3 is 5.97 Å². The zero-order valence-corrected chi connectivity index (χ0v) is 13.9. The third-order valence-corrected chi connectivity index (χ3v) is 5.06. The quantitative estimate of drug-likeness (QED) is 0.634. The van der Waals surface area contributed by atoms with Crippen LogP contribution < -0.4 is 5.32 Å². The lowest BCUT2D eigenvalue weighted by Crippen LogP contribution is -2.00. The van der Waals surface area contributed by atoms with Crippen molar-refractivity contribution >= 4 is 51.5 Å². The molecule has 5 nitrogen and oxygen atoms in total. The number of hydrogen-bond donors (Lipinski definition) is 1. The van der Waals surface area contributed by atoms with E-state index in [-0.39, 0.29) is 5.97 Å². The van der Waals surface area contributed by atoms with Crippen LogP contribution in [0, 0.1) is 6.92 Å². The summed E-state index contributed by atoms with van der Waals surface area (Å²) >= 11 is 8.99. The van der Waals surface area contributed by atoms with Gasteiger partial charge in [0.1, 0.15) is 0 Å². The number of thioether (sulfide) groups is 1. The Labute approximate surface area is 136 Å². The number of halogens is 1. The maximum atomic E-state index is 11.0. The number of anilines is 2. The summed E-state index contributed by atoms with van der Waals surface area (Å²) in [6, 6.07) is 5.66. The van der Waals surface area contributed by atoms with E-state index in [0.29, 0.717) is 22.3 Å². The molecule has 0 amide bonds. The van der Waals surface area contributed by atoms with Crippen LogP contribution in [0.2, 0.25) is 5.02 Å². The Bertz CT molecular complexity index is 634. The zero-order valence-electron chi connectivity index (χ0n) is 11.6. The Kier molecular flexibility index (Phi) is 5.84. The molecule has 21 heavy (non-hydrogen) atoms. The van der Waals surface area contributed by atoms with Gasteiger partial charge < -0.3 is 10.1 Å². The molecule has 0 spiro atoms. The van der Waals surface area contributed by atoms with E-state index in [0.717, 1.165) is 15.6 Å². The summed E-state index contributed by atoms with van der Waals surface area (Å²) in [6.45, 7) is 1.94. The van der Waals surface area contributed by atoms with Gasteiger partial charge in [-0.25, -0.2) is 0 Å². The van der Waals surface area contributed by atoms with Gasteiger partial charge in [-0.3, -0.25) is 4.79 Å². The lowest BCUT2D eigenvalue weighted by Gasteiger charge is -2.06. The van der Waals surface area contributed by atoms with Crippen LogP contribution in [0.4, 0.5) is 10.8 Å². The first kappa shape index (κ1) is 16.1. The molecule has 0 unspecified atom stereocenters. The highest BCUT2D eigenvalue weighted by Gasteiger charge is 2.09. The third kappa shape index (κ3) is 4.59. The van der Waals surface area contributed by atoms with Crippen molar-refractivity contribution in [2.75, 3.05) is 18.2 Å². The van der Waals surface area contributed by atoms with Gasteiger partial charge in [0.15, 0.2) is 4.34 Å². The third-order valence-electron chi connectivity index (χ3n) is 2.68. The number of hydrogen-bond acceptors (Lipinski definition) is 7. The normalized spacial score (nSPS) is 10.4. The minimum absolute atomic E-state index is 0.222. The molecular formula is C13H14ClN3O2S2. The lowest BCUT2D eigenvalue weighted by molar-refractivity contribution is -0.140. The first-order valence-corrected chi connectivity index (χ1v) is 8.33. The summed E-state index contributed by atoms with van der Waals surface area (Å²) in [7, 11) is 1.38. The van der Waals surface area contributed by atoms with E-state index in [4.69, 9.17) is 11.6 Å². The molecule has 0 aliphatic carbocycles. The van der Waals surface area contributed by atoms with Gasteiger partial charge in [0.2, 0.25) is 5.13 Å². The van der Waals surface area contributed by atoms with E-state index >= 15 is 0 Å². The molecule has 2 aromatic rings. The smallest absolute Gasteiger partial charge is 0.306 e. The molecule has 8 heteroatoms. The van der Waals surface area contributed by atoms with Crippen molar-refractivity contribution in [2.45, 2.75) is 17.7 Å². The van der Waals surface area contributed by atoms with E-state index in [9.17, 15) is 4.79 Å². The van der Waals surface area contributed by atoms with Crippen LogP contribution in [0.15, 0.2) is 22.5 Å². The Balaban J connectivity index is 1.94. The fourth-order valence-corrected chi connectivity index (χ4v) is 3.43. The summed E-state index contributed by atoms with van der Waals surface area (Å²) in [6.07, 6.45) is 0.358. The number of benzene rings is 1. The molecule has 0 radical (unpaired) electrons. The second-order valence-corrected chi connectivity index (χ2v) is 6.81. The zero-order chi connectivity index (χ0) is 15.2. The van der Waals surface area contributed by atoms with Crippen molar-refractivity contribution in [1.82, 2.24) is 10.2 Å². The van der Waals surface area contributed by atoms with E-state index in [1.54, 1.807) is 0 Å². The van der Waals surface area contributed by atoms with Crippen molar-refractivity contribution < 1.29 is 9.53 Å². The van der Waals surface area contributed by atoms with Crippen molar-refractivity contribution in [1.29, 1.82) is 0 Å². The number of esters is 1. The Morgan fingerprint density at radius 1 is 1.48 bits per heavy atom. The summed E-state index contributed by atoms with van der Waals surface area (Å²) in [4.78, 5) is 11.0. The monoisotopic (exact) mass is 343 g/mol. The molecule has 0 atom stereocenters. The second kappa shape index (κ2) is 7.63. The Morgan fingerprint density at radius 2 is 2.29 bits per heavy atom. The van der Waals surface area contributed by atoms with E-state index in [1.807, 2.05) is 25.1 Å². The maximum absolute atomic E-state index is 11.0. The van der Waals surface area contributed by atoms with Gasteiger partial charge in [-0.05, 0) is 24.6 Å². The van der Waals surface area contributed by atoms with Gasteiger partial charge in [-0.2, -0.15) is 0 Å². The average molecular weight is 344 g/mol. The molecule has 0 fully saturated rings. The Morgan fingerprint density at radius 3 is 3.05 bits per heavy atom. The van der Waals surface area contributed by atoms with Gasteiger partial charge in [-0.15, -0.1) is 10.2 Å². The number of carbonyl (C=O) groups excluding carboxylic acids is 1. The summed E-state index contributed by atoms with van der Waals surface area (Å²) in [5.41, 5.74) is 1.87. The number of ether oxygens (including phenoxy) is 1. The standard InChI is InChI=1S/C13H14ClN3O2S2/c1-8-9(14)4-3-5-10(8)15-12-16-17-13(21-12)20-7-6-11(18)19-2/h3-5H,6-7H2,1-2H3,(H,15,16). The number of methoxy groups -OCH3 is 1. The van der Waals surface area contributed by atoms with E-state index < -0.39 is 0 Å². The topological polar surface area (TPSA) is 64.1 Å². The van der Waals surface area contributed by atoms with Crippen LogP contribution in [0.1, 0.15) is 12.0 Å². The molecular weight excluding hydrogens is 330 g/mol. The van der Waals surface area contributed by atoms with Crippen LogP contribution in [0.5, 0.6) is 0 Å². The van der Waals surface area contributed by atoms with Gasteiger partial charge in [0.25, 0.3) is 0 Å². The van der Waals surface area contributed by atoms with Crippen molar-refractivity contribution in [2.24, 2.45) is 0 Å². The van der Waals surface area contributed by atoms with Crippen molar-refractivity contribution in [3.8, 4) is 0 Å². The molecule has 0 saturated carbocycles. The lowest BCUT2D eigenvalue weighted by atomic mass is 10.2. The van der Waals surface area contributed by atoms with Crippen molar-refractivity contribution in [3.63, 3.8) is 0 Å². The molecule has 1 heterocycles. The molecule has 0 saturated heterocycles. The molecule has 0 aliphatic rings. The Hall–Kier alpha value is -1.31. The first-order chi connectivity index (χ1) is 10.1. The van der Waals surface area contributed by atoms with Crippen LogP contribution in [0.25, 0.3) is 0 Å². The minimum atomic E-state index is -0.222. The predicted molar refractivity (Wildman–Crippen MR) is 86.7 cm³/mol. The molecule has 0 aliphatic heterocycles. The molecule has 1 N–H and O–H groups in total. The number of aromatic nitrogens is 2. The fraction of sp³-hybridized carbons (Fsp3) is 0.308. The predicted octanol–water partition coefficient (Wildman–Crippen LogP) is 3.90. The first-order valence-electron chi connectivity index (χ1n) is 6.15. The van der Waals surface area contributed by atoms with E-state index in [1.165, 1.54) is 30.2 Å². The number of rotatable bonds is 6.